The van der Waals surface area contributed by atoms with Crippen molar-refractivity contribution in [3.05, 3.63) is 11.9 Å². The molecule has 0 atom stereocenters. The summed E-state index contributed by atoms with van der Waals surface area (Å²) in [6, 6.07) is 4.67. The Labute approximate surface area is 101 Å². The number of hydrogen-bond acceptors (Lipinski definition) is 5. The summed E-state index contributed by atoms with van der Waals surface area (Å²) < 4.78 is 0. The van der Waals surface area contributed by atoms with Crippen LogP contribution < -0.4 is 10.2 Å². The van der Waals surface area contributed by atoms with Crippen molar-refractivity contribution in [3.63, 3.8) is 0 Å². The molecule has 1 fully saturated rings. The van der Waals surface area contributed by atoms with E-state index >= 15 is 0 Å². The Morgan fingerprint density at radius 1 is 1.53 bits per heavy atom. The summed E-state index contributed by atoms with van der Waals surface area (Å²) in [5, 5.41) is 11.9. The smallest absolute Gasteiger partial charge is 0.134 e. The first-order chi connectivity index (χ1) is 8.19. The van der Waals surface area contributed by atoms with E-state index in [9.17, 15) is 0 Å². The number of aryl methyl sites for hydroxylation is 1. The highest BCUT2D eigenvalue weighted by atomic mass is 15.2. The second kappa shape index (κ2) is 5.00. The third kappa shape index (κ3) is 3.31. The third-order valence-electron chi connectivity index (χ3n) is 2.70. The first-order valence-electron chi connectivity index (χ1n) is 5.89. The van der Waals surface area contributed by atoms with Crippen molar-refractivity contribution in [1.82, 2.24) is 9.97 Å². The van der Waals surface area contributed by atoms with Gasteiger partial charge in [-0.05, 0) is 19.8 Å². The van der Waals surface area contributed by atoms with Gasteiger partial charge in [-0.25, -0.2) is 9.97 Å². The van der Waals surface area contributed by atoms with Gasteiger partial charge in [-0.15, -0.1) is 0 Å². The van der Waals surface area contributed by atoms with Gasteiger partial charge in [-0.2, -0.15) is 5.26 Å². The summed E-state index contributed by atoms with van der Waals surface area (Å²) in [7, 11) is 1.94. The molecular weight excluding hydrogens is 214 g/mol. The molecule has 1 aliphatic carbocycles. The number of nitrogens with zero attached hydrogens (tertiary/aromatic N) is 4. The van der Waals surface area contributed by atoms with E-state index in [2.05, 4.69) is 21.4 Å². The second-order valence-electron chi connectivity index (χ2n) is 4.41. The quantitative estimate of drug-likeness (QED) is 0.835. The lowest BCUT2D eigenvalue weighted by molar-refractivity contribution is 0.869. The van der Waals surface area contributed by atoms with Gasteiger partial charge in [0, 0.05) is 25.7 Å². The summed E-state index contributed by atoms with van der Waals surface area (Å²) >= 11 is 0. The highest BCUT2D eigenvalue weighted by molar-refractivity contribution is 5.50. The molecule has 0 aromatic carbocycles. The zero-order valence-electron chi connectivity index (χ0n) is 10.3. The summed E-state index contributed by atoms with van der Waals surface area (Å²) in [4.78, 5) is 10.7. The summed E-state index contributed by atoms with van der Waals surface area (Å²) in [6.45, 7) is 2.58. The Hall–Kier alpha value is -1.83. The van der Waals surface area contributed by atoms with Gasteiger partial charge in [0.25, 0.3) is 0 Å². The lowest BCUT2D eigenvalue weighted by atomic mass is 10.4. The average Bonchev–Trinajstić information content (AvgIpc) is 3.09. The van der Waals surface area contributed by atoms with Gasteiger partial charge in [0.15, 0.2) is 0 Å². The fourth-order valence-electron chi connectivity index (χ4n) is 1.59. The molecule has 0 amide bonds. The number of nitrogens with one attached hydrogen (secondary N) is 1. The van der Waals surface area contributed by atoms with Crippen molar-refractivity contribution in [2.45, 2.75) is 32.2 Å². The monoisotopic (exact) mass is 231 g/mol. The van der Waals surface area contributed by atoms with E-state index in [1.165, 1.54) is 12.8 Å². The molecule has 0 bridgehead atoms. The van der Waals surface area contributed by atoms with E-state index < -0.39 is 0 Å². The average molecular weight is 231 g/mol. The predicted octanol–water partition coefficient (Wildman–Crippen LogP) is 1.71. The number of rotatable bonds is 5. The molecule has 0 unspecified atom stereocenters. The third-order valence-corrected chi connectivity index (χ3v) is 2.70. The Bertz CT molecular complexity index is 433. The van der Waals surface area contributed by atoms with E-state index in [4.69, 9.17) is 5.26 Å². The highest BCUT2D eigenvalue weighted by Gasteiger charge is 2.21. The van der Waals surface area contributed by atoms with E-state index in [-0.39, 0.29) is 0 Å². The fraction of sp³-hybridized carbons (Fsp3) is 0.583. The van der Waals surface area contributed by atoms with Crippen LogP contribution in [0.4, 0.5) is 11.6 Å². The molecule has 1 aromatic rings. The molecule has 1 heterocycles. The molecule has 1 aromatic heterocycles. The zero-order valence-corrected chi connectivity index (χ0v) is 10.3. The van der Waals surface area contributed by atoms with Gasteiger partial charge in [0.05, 0.1) is 12.5 Å². The molecule has 0 aliphatic heterocycles. The van der Waals surface area contributed by atoms with Crippen LogP contribution in [0.3, 0.4) is 0 Å². The molecule has 5 heteroatoms. The standard InChI is InChI=1S/C12H17N5/c1-9-14-11(16-10-4-5-10)8-12(15-9)17(2)7-3-6-13/h8,10H,3-5,7H2,1-2H3,(H,14,15,16). The summed E-state index contributed by atoms with van der Waals surface area (Å²) in [5.74, 6) is 2.52. The lowest BCUT2D eigenvalue weighted by Gasteiger charge is -2.17. The van der Waals surface area contributed by atoms with Gasteiger partial charge in [0.2, 0.25) is 0 Å². The van der Waals surface area contributed by atoms with Crippen molar-refractivity contribution < 1.29 is 0 Å². The minimum Gasteiger partial charge on any atom is -0.367 e. The molecule has 1 aliphatic rings. The number of aromatic nitrogens is 2. The Kier molecular flexibility index (Phi) is 3.43. The van der Waals surface area contributed by atoms with Gasteiger partial charge in [-0.3, -0.25) is 0 Å². The zero-order chi connectivity index (χ0) is 12.3. The first-order valence-corrected chi connectivity index (χ1v) is 5.89. The largest absolute Gasteiger partial charge is 0.367 e. The van der Waals surface area contributed by atoms with Crippen LogP contribution in [0.1, 0.15) is 25.1 Å². The minimum absolute atomic E-state index is 0.505. The molecule has 5 nitrogen and oxygen atoms in total. The minimum atomic E-state index is 0.505. The molecule has 0 radical (unpaired) electrons. The van der Waals surface area contributed by atoms with E-state index in [1.807, 2.05) is 24.9 Å². The molecule has 0 spiro atoms. The topological polar surface area (TPSA) is 64.8 Å². The maximum absolute atomic E-state index is 8.58. The molecule has 0 saturated heterocycles. The summed E-state index contributed by atoms with van der Waals surface area (Å²) in [5.41, 5.74) is 0. The van der Waals surface area contributed by atoms with Gasteiger partial charge >= 0.3 is 0 Å². The fourth-order valence-corrected chi connectivity index (χ4v) is 1.59. The Morgan fingerprint density at radius 2 is 2.29 bits per heavy atom. The lowest BCUT2D eigenvalue weighted by Crippen LogP contribution is -2.20. The molecule has 2 rings (SSSR count). The maximum atomic E-state index is 8.58. The first kappa shape index (κ1) is 11.6. The molecular formula is C12H17N5. The van der Waals surface area contributed by atoms with Crippen molar-refractivity contribution in [1.29, 1.82) is 5.26 Å². The van der Waals surface area contributed by atoms with Crippen LogP contribution in [0.2, 0.25) is 0 Å². The number of nitriles is 1. The van der Waals surface area contributed by atoms with Crippen molar-refractivity contribution in [2.75, 3.05) is 23.8 Å². The normalized spacial score (nSPS) is 14.2. The van der Waals surface area contributed by atoms with Gasteiger partial charge in [-0.1, -0.05) is 0 Å². The van der Waals surface area contributed by atoms with Crippen molar-refractivity contribution in [2.24, 2.45) is 0 Å². The Morgan fingerprint density at radius 3 is 2.94 bits per heavy atom. The van der Waals surface area contributed by atoms with E-state index in [0.29, 0.717) is 19.0 Å². The summed E-state index contributed by atoms with van der Waals surface area (Å²) in [6.07, 6.45) is 2.95. The van der Waals surface area contributed by atoms with Crippen LogP contribution in [-0.4, -0.2) is 29.6 Å². The van der Waals surface area contributed by atoms with Gasteiger partial charge in [0.1, 0.15) is 17.5 Å². The molecule has 90 valence electrons. The van der Waals surface area contributed by atoms with Gasteiger partial charge < -0.3 is 10.2 Å². The van der Waals surface area contributed by atoms with Crippen LogP contribution in [0.15, 0.2) is 6.07 Å². The number of anilines is 2. The number of hydrogen-bond donors (Lipinski definition) is 1. The van der Waals surface area contributed by atoms with Crippen molar-refractivity contribution in [3.8, 4) is 6.07 Å². The SMILES string of the molecule is Cc1nc(NC2CC2)cc(N(C)CCC#N)n1. The molecule has 1 N–H and O–H groups in total. The molecule has 1 saturated carbocycles. The Balaban J connectivity index is 2.09. The van der Waals surface area contributed by atoms with Crippen LogP contribution >= 0.6 is 0 Å². The maximum Gasteiger partial charge on any atom is 0.134 e. The van der Waals surface area contributed by atoms with Crippen LogP contribution in [-0.2, 0) is 0 Å². The van der Waals surface area contributed by atoms with Crippen molar-refractivity contribution >= 4 is 11.6 Å². The predicted molar refractivity (Wildman–Crippen MR) is 66.9 cm³/mol. The van der Waals surface area contributed by atoms with E-state index in [1.54, 1.807) is 0 Å². The van der Waals surface area contributed by atoms with Crippen LogP contribution in [0.5, 0.6) is 0 Å². The van der Waals surface area contributed by atoms with E-state index in [0.717, 1.165) is 17.5 Å². The molecule has 17 heavy (non-hydrogen) atoms. The van der Waals surface area contributed by atoms with Crippen LogP contribution in [0.25, 0.3) is 0 Å². The van der Waals surface area contributed by atoms with Crippen LogP contribution in [0, 0.1) is 18.3 Å². The highest BCUT2D eigenvalue weighted by Crippen LogP contribution is 2.25. The second-order valence-corrected chi connectivity index (χ2v) is 4.41.